The fraction of sp³-hybridized carbons (Fsp3) is 0.429. The van der Waals surface area contributed by atoms with Gasteiger partial charge in [-0.3, -0.25) is 9.59 Å². The number of carbonyl (C=O) groups is 2. The molecule has 8 nitrogen and oxygen atoms in total. The van der Waals surface area contributed by atoms with Gasteiger partial charge in [0.15, 0.2) is 0 Å². The van der Waals surface area contributed by atoms with E-state index in [2.05, 4.69) is 10.6 Å². The number of amides is 2. The summed E-state index contributed by atoms with van der Waals surface area (Å²) in [7, 11) is 1.60. The highest BCUT2D eigenvalue weighted by Crippen LogP contribution is 2.25. The van der Waals surface area contributed by atoms with Crippen molar-refractivity contribution >= 4 is 11.8 Å². The van der Waals surface area contributed by atoms with Crippen LogP contribution in [-0.4, -0.2) is 73.5 Å². The average Bonchev–Trinajstić information content (AvgIpc) is 3.03. The van der Waals surface area contributed by atoms with E-state index in [0.717, 1.165) is 11.1 Å². The highest BCUT2D eigenvalue weighted by atomic mass is 19.4. The Labute approximate surface area is 267 Å². The first-order chi connectivity index (χ1) is 21.8. The first kappa shape index (κ1) is 34.8. The fourth-order valence-electron chi connectivity index (χ4n) is 5.31. The summed E-state index contributed by atoms with van der Waals surface area (Å²) in [6.45, 7) is 4.04. The molecule has 0 saturated carbocycles. The van der Waals surface area contributed by atoms with Gasteiger partial charge >= 0.3 is 6.18 Å². The summed E-state index contributed by atoms with van der Waals surface area (Å²) in [4.78, 5) is 28.1. The van der Waals surface area contributed by atoms with Gasteiger partial charge in [0.25, 0.3) is 11.8 Å². The Hall–Kier alpha value is -4.09. The number of fused-ring (bicyclic) bond motifs is 4. The molecule has 1 aliphatic heterocycles. The third-order valence-corrected chi connectivity index (χ3v) is 8.09. The predicted octanol–water partition coefficient (Wildman–Crippen LogP) is 5.49. The molecule has 1 aliphatic rings. The van der Waals surface area contributed by atoms with Crippen molar-refractivity contribution in [2.45, 2.75) is 63.4 Å². The third kappa shape index (κ3) is 9.95. The summed E-state index contributed by atoms with van der Waals surface area (Å²) >= 11 is 0. The summed E-state index contributed by atoms with van der Waals surface area (Å²) in [5.74, 6) is 0.190. The predicted molar refractivity (Wildman–Crippen MR) is 169 cm³/mol. The Morgan fingerprint density at radius 3 is 2.52 bits per heavy atom. The van der Waals surface area contributed by atoms with Gasteiger partial charge in [0.2, 0.25) is 0 Å². The van der Waals surface area contributed by atoms with Crippen LogP contribution < -0.4 is 20.1 Å². The van der Waals surface area contributed by atoms with Gasteiger partial charge in [-0.05, 0) is 86.7 Å². The number of nitrogens with zero attached hydrogens (tertiary/aromatic N) is 1. The van der Waals surface area contributed by atoms with Gasteiger partial charge < -0.3 is 30.1 Å². The lowest BCUT2D eigenvalue weighted by Gasteiger charge is -2.31. The van der Waals surface area contributed by atoms with Gasteiger partial charge in [-0.2, -0.15) is 13.2 Å². The Kier molecular flexibility index (Phi) is 11.7. The molecule has 4 bridgehead atoms. The minimum atomic E-state index is -4.42. The van der Waals surface area contributed by atoms with E-state index >= 15 is 0 Å². The smallest absolute Gasteiger partial charge is 0.390 e. The van der Waals surface area contributed by atoms with Gasteiger partial charge in [0.1, 0.15) is 11.5 Å². The molecule has 0 radical (unpaired) electrons. The van der Waals surface area contributed by atoms with Crippen molar-refractivity contribution in [1.29, 1.82) is 0 Å². The summed E-state index contributed by atoms with van der Waals surface area (Å²) < 4.78 is 50.5. The van der Waals surface area contributed by atoms with Crippen LogP contribution in [0, 0.1) is 0 Å². The maximum atomic E-state index is 13.5. The summed E-state index contributed by atoms with van der Waals surface area (Å²) in [6, 6.07) is 20.2. The van der Waals surface area contributed by atoms with Crippen LogP contribution in [0.4, 0.5) is 13.2 Å². The van der Waals surface area contributed by atoms with Gasteiger partial charge in [-0.15, -0.1) is 0 Å². The normalized spacial score (nSPS) is 17.5. The minimum absolute atomic E-state index is 0.112. The molecule has 1 heterocycles. The quantitative estimate of drug-likeness (QED) is 0.301. The number of rotatable bonds is 8. The molecule has 46 heavy (non-hydrogen) atoms. The molecule has 0 unspecified atom stereocenters. The summed E-state index contributed by atoms with van der Waals surface area (Å²) in [6.07, 6.45) is -5.33. The number of alkyl halides is 3. The Morgan fingerprint density at radius 1 is 1.02 bits per heavy atom. The Bertz CT molecular complexity index is 1480. The first-order valence-electron chi connectivity index (χ1n) is 15.4. The number of halogens is 3. The Morgan fingerprint density at radius 2 is 1.76 bits per heavy atom. The van der Waals surface area contributed by atoms with E-state index in [1.807, 2.05) is 56.3 Å². The van der Waals surface area contributed by atoms with Crippen molar-refractivity contribution in [2.75, 3.05) is 33.4 Å². The zero-order chi connectivity index (χ0) is 33.3. The number of methoxy groups -OCH3 is 1. The van der Waals surface area contributed by atoms with Gasteiger partial charge in [-0.25, -0.2) is 0 Å². The van der Waals surface area contributed by atoms with Gasteiger partial charge in [-0.1, -0.05) is 30.3 Å². The van der Waals surface area contributed by atoms with Crippen LogP contribution >= 0.6 is 0 Å². The maximum Gasteiger partial charge on any atom is 0.390 e. The van der Waals surface area contributed by atoms with Gasteiger partial charge in [0.05, 0.1) is 32.3 Å². The number of carbonyl (C=O) groups excluding carboxylic acids is 2. The van der Waals surface area contributed by atoms with E-state index in [1.54, 1.807) is 13.2 Å². The largest absolute Gasteiger partial charge is 0.497 e. The van der Waals surface area contributed by atoms with Crippen LogP contribution in [0.2, 0.25) is 0 Å². The van der Waals surface area contributed by atoms with E-state index in [9.17, 15) is 27.9 Å². The molecular weight excluding hydrogens is 599 g/mol. The van der Waals surface area contributed by atoms with Crippen LogP contribution in [0.25, 0.3) is 0 Å². The SMILES string of the molecule is COc1cccc(C(C)(C)NC[C@@H](O)[C@@H]2Cc3cccc(c3)OCCCCN(CCC(F)(F)F)C(=O)c3cccc(c3)C(=O)N2)c1. The van der Waals surface area contributed by atoms with Crippen LogP contribution in [0.15, 0.2) is 72.8 Å². The number of aliphatic hydroxyl groups is 1. The van der Waals surface area contributed by atoms with Crippen LogP contribution in [0.3, 0.4) is 0 Å². The van der Waals surface area contributed by atoms with E-state index < -0.39 is 48.6 Å². The third-order valence-electron chi connectivity index (χ3n) is 8.09. The second kappa shape index (κ2) is 15.5. The summed E-state index contributed by atoms with van der Waals surface area (Å²) in [5, 5.41) is 17.8. The van der Waals surface area contributed by atoms with E-state index in [0.29, 0.717) is 30.9 Å². The highest BCUT2D eigenvalue weighted by Gasteiger charge is 2.30. The molecule has 2 amide bonds. The van der Waals surface area contributed by atoms with Crippen molar-refractivity contribution in [3.63, 3.8) is 0 Å². The lowest BCUT2D eigenvalue weighted by atomic mass is 9.93. The highest BCUT2D eigenvalue weighted by molar-refractivity contribution is 5.99. The average molecular weight is 642 g/mol. The second-order valence-corrected chi connectivity index (χ2v) is 12.0. The number of hydrogen-bond donors (Lipinski definition) is 3. The van der Waals surface area contributed by atoms with Crippen LogP contribution in [0.1, 0.15) is 65.0 Å². The van der Waals surface area contributed by atoms with Crippen LogP contribution in [0.5, 0.6) is 11.5 Å². The first-order valence-corrected chi connectivity index (χ1v) is 15.4. The second-order valence-electron chi connectivity index (χ2n) is 12.0. The van der Waals surface area contributed by atoms with E-state index in [1.165, 1.54) is 29.2 Å². The minimum Gasteiger partial charge on any atom is -0.497 e. The molecule has 0 saturated heterocycles. The molecule has 0 aromatic heterocycles. The van der Waals surface area contributed by atoms with Gasteiger partial charge in [0, 0.05) is 36.3 Å². The molecule has 0 spiro atoms. The van der Waals surface area contributed by atoms with E-state index in [-0.39, 0.29) is 30.6 Å². The maximum absolute atomic E-state index is 13.5. The molecule has 3 aromatic carbocycles. The van der Waals surface area contributed by atoms with Crippen molar-refractivity contribution in [1.82, 2.24) is 15.5 Å². The van der Waals surface area contributed by atoms with Crippen molar-refractivity contribution in [3.05, 3.63) is 95.1 Å². The number of ether oxygens (including phenoxy) is 2. The molecule has 4 rings (SSSR count). The number of hydrogen-bond acceptors (Lipinski definition) is 6. The molecule has 11 heteroatoms. The van der Waals surface area contributed by atoms with Crippen LogP contribution in [-0.2, 0) is 12.0 Å². The molecule has 3 N–H and O–H groups in total. The monoisotopic (exact) mass is 641 g/mol. The fourth-order valence-corrected chi connectivity index (χ4v) is 5.31. The topological polar surface area (TPSA) is 100 Å². The molecule has 2 atom stereocenters. The van der Waals surface area contributed by atoms with Crippen molar-refractivity contribution < 1.29 is 37.3 Å². The number of nitrogens with one attached hydrogen (secondary N) is 2. The molecule has 3 aromatic rings. The van der Waals surface area contributed by atoms with Crippen molar-refractivity contribution in [2.24, 2.45) is 0 Å². The zero-order valence-electron chi connectivity index (χ0n) is 26.4. The van der Waals surface area contributed by atoms with Crippen molar-refractivity contribution in [3.8, 4) is 11.5 Å². The number of benzene rings is 3. The lowest BCUT2D eigenvalue weighted by Crippen LogP contribution is -2.51. The molecule has 248 valence electrons. The Balaban J connectivity index is 1.59. The molecular formula is C35H42F3N3O5. The number of aliphatic hydroxyl groups excluding tert-OH is 1. The van der Waals surface area contributed by atoms with E-state index in [4.69, 9.17) is 9.47 Å². The molecule has 0 fully saturated rings. The molecule has 0 aliphatic carbocycles. The summed E-state index contributed by atoms with van der Waals surface area (Å²) in [5.41, 5.74) is 1.51. The lowest BCUT2D eigenvalue weighted by molar-refractivity contribution is -0.136. The standard InChI is InChI=1S/C35H42F3N3O5/c1-34(2,27-12-8-13-28(22-27)45-3)39-23-31(42)30-20-24-9-6-14-29(19-24)46-18-5-4-16-41(17-15-35(36,37)38)33(44)26-11-7-10-25(21-26)32(43)40-30/h6-14,19,21-22,30-31,39,42H,4-5,15-18,20,23H2,1-3H3,(H,40,43)/t30-,31+/m0/s1. The zero-order valence-corrected chi connectivity index (χ0v) is 26.4.